The number of benzene rings is 3. The van der Waals surface area contributed by atoms with Gasteiger partial charge in [0.1, 0.15) is 10.7 Å². The summed E-state index contributed by atoms with van der Waals surface area (Å²) >= 11 is 2.98. The van der Waals surface area contributed by atoms with Crippen molar-refractivity contribution in [1.29, 1.82) is 0 Å². The molecule has 0 fully saturated rings. The van der Waals surface area contributed by atoms with Crippen LogP contribution in [0.2, 0.25) is 0 Å². The van der Waals surface area contributed by atoms with E-state index in [0.717, 1.165) is 33.0 Å². The molecular weight excluding hydrogens is 527 g/mol. The number of amides is 1. The SMILES string of the molecule is Cc1ccc(-n2c(SCC(=O)Nc3ccc(-c4nc5ccc(C)cc5s4)cc3)nnc2-c2cnccn2)cc1. The number of carbonyl (C=O) groups is 1. The van der Waals surface area contributed by atoms with E-state index in [2.05, 4.69) is 44.5 Å². The van der Waals surface area contributed by atoms with Crippen LogP contribution in [0.3, 0.4) is 0 Å². The van der Waals surface area contributed by atoms with E-state index in [0.29, 0.717) is 16.7 Å². The van der Waals surface area contributed by atoms with Gasteiger partial charge in [0.15, 0.2) is 11.0 Å². The van der Waals surface area contributed by atoms with Gasteiger partial charge in [-0.15, -0.1) is 21.5 Å². The molecule has 0 aliphatic rings. The summed E-state index contributed by atoms with van der Waals surface area (Å²) < 4.78 is 3.07. The first-order valence-electron chi connectivity index (χ1n) is 12.2. The summed E-state index contributed by atoms with van der Waals surface area (Å²) in [6.45, 7) is 4.11. The molecule has 0 aliphatic heterocycles. The summed E-state index contributed by atoms with van der Waals surface area (Å²) in [6, 6.07) is 22.1. The molecule has 6 aromatic rings. The normalized spacial score (nSPS) is 11.1. The van der Waals surface area contributed by atoms with Gasteiger partial charge < -0.3 is 5.32 Å². The van der Waals surface area contributed by atoms with E-state index in [1.54, 1.807) is 29.9 Å². The van der Waals surface area contributed by atoms with Crippen molar-refractivity contribution in [3.05, 3.63) is 96.4 Å². The molecule has 1 N–H and O–H groups in total. The van der Waals surface area contributed by atoms with Gasteiger partial charge in [-0.3, -0.25) is 14.3 Å². The van der Waals surface area contributed by atoms with Crippen molar-refractivity contribution in [1.82, 2.24) is 29.7 Å². The van der Waals surface area contributed by atoms with E-state index in [1.807, 2.05) is 66.1 Å². The Morgan fingerprint density at radius 2 is 1.74 bits per heavy atom. The number of nitrogens with one attached hydrogen (secondary N) is 1. The molecule has 0 atom stereocenters. The minimum Gasteiger partial charge on any atom is -0.325 e. The van der Waals surface area contributed by atoms with Crippen LogP contribution in [0.4, 0.5) is 5.69 Å². The number of rotatable bonds is 7. The molecule has 3 heterocycles. The summed E-state index contributed by atoms with van der Waals surface area (Å²) in [6.07, 6.45) is 4.88. The molecule has 8 nitrogen and oxygen atoms in total. The molecular formula is C29H23N7OS2. The number of fused-ring (bicyclic) bond motifs is 1. The van der Waals surface area contributed by atoms with Gasteiger partial charge >= 0.3 is 0 Å². The number of hydrogen-bond acceptors (Lipinski definition) is 8. The second kappa shape index (κ2) is 10.8. The summed E-state index contributed by atoms with van der Waals surface area (Å²) in [4.78, 5) is 26.1. The molecule has 0 radical (unpaired) electrons. The van der Waals surface area contributed by atoms with Crippen LogP contribution in [-0.4, -0.2) is 41.4 Å². The first-order valence-corrected chi connectivity index (χ1v) is 14.0. The Hall–Kier alpha value is -4.41. The van der Waals surface area contributed by atoms with Crippen molar-refractivity contribution in [2.75, 3.05) is 11.1 Å². The van der Waals surface area contributed by atoms with Crippen LogP contribution in [0, 0.1) is 13.8 Å². The molecule has 0 bridgehead atoms. The Labute approximate surface area is 233 Å². The molecule has 0 spiro atoms. The molecule has 39 heavy (non-hydrogen) atoms. The lowest BCUT2D eigenvalue weighted by Gasteiger charge is -2.10. The largest absolute Gasteiger partial charge is 0.325 e. The second-order valence-corrected chi connectivity index (χ2v) is 10.9. The molecule has 3 aromatic heterocycles. The molecule has 3 aromatic carbocycles. The summed E-state index contributed by atoms with van der Waals surface area (Å²) in [7, 11) is 0. The Kier molecular flexibility index (Phi) is 6.87. The van der Waals surface area contributed by atoms with Gasteiger partial charge in [0.05, 0.1) is 22.2 Å². The zero-order valence-corrected chi connectivity index (χ0v) is 22.8. The maximum Gasteiger partial charge on any atom is 0.234 e. The molecule has 0 unspecified atom stereocenters. The molecule has 0 saturated carbocycles. The number of thiazole rings is 1. The summed E-state index contributed by atoms with van der Waals surface area (Å²) in [5.41, 5.74) is 6.59. The highest BCUT2D eigenvalue weighted by Gasteiger charge is 2.18. The lowest BCUT2D eigenvalue weighted by molar-refractivity contribution is -0.113. The molecule has 0 saturated heterocycles. The zero-order valence-electron chi connectivity index (χ0n) is 21.2. The minimum absolute atomic E-state index is 0.136. The van der Waals surface area contributed by atoms with Crippen molar-refractivity contribution in [3.8, 4) is 27.8 Å². The fourth-order valence-electron chi connectivity index (χ4n) is 4.05. The third kappa shape index (κ3) is 5.43. The standard InChI is InChI=1S/C29H23N7OS2/c1-18-3-10-22(11-4-18)36-27(24-16-30-13-14-31-24)34-35-29(36)38-17-26(37)32-21-8-6-20(7-9-21)28-33-23-12-5-19(2)15-25(23)39-28/h3-16H,17H2,1-2H3,(H,32,37). The van der Waals surface area contributed by atoms with Crippen LogP contribution in [0.15, 0.2) is 90.5 Å². The first-order chi connectivity index (χ1) is 19.0. The number of thioether (sulfide) groups is 1. The Morgan fingerprint density at radius 1 is 0.949 bits per heavy atom. The zero-order chi connectivity index (χ0) is 26.8. The summed E-state index contributed by atoms with van der Waals surface area (Å²) in [5, 5.41) is 13.2. The molecule has 192 valence electrons. The lowest BCUT2D eigenvalue weighted by Crippen LogP contribution is -2.14. The highest BCUT2D eigenvalue weighted by molar-refractivity contribution is 7.99. The fourth-order valence-corrected chi connectivity index (χ4v) is 5.87. The van der Waals surface area contributed by atoms with Gasteiger partial charge in [-0.2, -0.15) is 0 Å². The topological polar surface area (TPSA) is 98.5 Å². The van der Waals surface area contributed by atoms with E-state index >= 15 is 0 Å². The minimum atomic E-state index is -0.136. The number of anilines is 1. The van der Waals surface area contributed by atoms with Crippen LogP contribution in [-0.2, 0) is 4.79 Å². The van der Waals surface area contributed by atoms with Crippen molar-refractivity contribution in [3.63, 3.8) is 0 Å². The van der Waals surface area contributed by atoms with Crippen LogP contribution in [0.5, 0.6) is 0 Å². The van der Waals surface area contributed by atoms with E-state index in [9.17, 15) is 4.79 Å². The van der Waals surface area contributed by atoms with Gasteiger partial charge in [0, 0.05) is 29.3 Å². The second-order valence-electron chi connectivity index (χ2n) is 8.97. The number of aryl methyl sites for hydroxylation is 2. The van der Waals surface area contributed by atoms with E-state index in [4.69, 9.17) is 4.98 Å². The predicted molar refractivity (Wildman–Crippen MR) is 156 cm³/mol. The Balaban J connectivity index is 1.16. The smallest absolute Gasteiger partial charge is 0.234 e. The number of nitrogens with zero attached hydrogens (tertiary/aromatic N) is 6. The van der Waals surface area contributed by atoms with E-state index in [-0.39, 0.29) is 11.7 Å². The van der Waals surface area contributed by atoms with Crippen LogP contribution in [0.1, 0.15) is 11.1 Å². The first kappa shape index (κ1) is 24.9. The van der Waals surface area contributed by atoms with Gasteiger partial charge in [0.25, 0.3) is 0 Å². The quantitative estimate of drug-likeness (QED) is 0.232. The molecule has 6 rings (SSSR count). The lowest BCUT2D eigenvalue weighted by atomic mass is 10.2. The molecule has 10 heteroatoms. The van der Waals surface area contributed by atoms with Gasteiger partial charge in [-0.25, -0.2) is 9.97 Å². The Morgan fingerprint density at radius 3 is 2.51 bits per heavy atom. The third-order valence-corrected chi connectivity index (χ3v) is 8.01. The van der Waals surface area contributed by atoms with Crippen LogP contribution >= 0.6 is 23.1 Å². The predicted octanol–water partition coefficient (Wildman–Crippen LogP) is 6.35. The van der Waals surface area contributed by atoms with Crippen LogP contribution in [0.25, 0.3) is 38.0 Å². The van der Waals surface area contributed by atoms with E-state index < -0.39 is 0 Å². The summed E-state index contributed by atoms with van der Waals surface area (Å²) in [5.74, 6) is 0.599. The van der Waals surface area contributed by atoms with Crippen molar-refractivity contribution >= 4 is 44.9 Å². The number of carbonyl (C=O) groups excluding carboxylic acids is 1. The van der Waals surface area contributed by atoms with Gasteiger partial charge in [-0.05, 0) is 67.9 Å². The number of hydrogen-bond donors (Lipinski definition) is 1. The average molecular weight is 550 g/mol. The maximum atomic E-state index is 12.8. The highest BCUT2D eigenvalue weighted by atomic mass is 32.2. The van der Waals surface area contributed by atoms with Crippen LogP contribution < -0.4 is 5.32 Å². The molecule has 1 amide bonds. The maximum absolute atomic E-state index is 12.8. The monoisotopic (exact) mass is 549 g/mol. The van der Waals surface area contributed by atoms with Crippen molar-refractivity contribution < 1.29 is 4.79 Å². The number of aromatic nitrogens is 6. The van der Waals surface area contributed by atoms with Gasteiger partial charge in [0.2, 0.25) is 5.91 Å². The highest BCUT2D eigenvalue weighted by Crippen LogP contribution is 2.31. The van der Waals surface area contributed by atoms with Gasteiger partial charge in [-0.1, -0.05) is 35.5 Å². The average Bonchev–Trinajstić information content (AvgIpc) is 3.57. The molecule has 0 aliphatic carbocycles. The fraction of sp³-hybridized carbons (Fsp3) is 0.103. The Bertz CT molecular complexity index is 1760. The third-order valence-electron chi connectivity index (χ3n) is 6.01. The van der Waals surface area contributed by atoms with Crippen molar-refractivity contribution in [2.45, 2.75) is 19.0 Å². The van der Waals surface area contributed by atoms with Crippen molar-refractivity contribution in [2.24, 2.45) is 0 Å². The van der Waals surface area contributed by atoms with E-state index in [1.165, 1.54) is 22.0 Å².